The van der Waals surface area contributed by atoms with Crippen molar-refractivity contribution in [2.75, 3.05) is 26.7 Å². The van der Waals surface area contributed by atoms with Gasteiger partial charge in [0.1, 0.15) is 0 Å². The fourth-order valence-electron chi connectivity index (χ4n) is 3.02. The van der Waals surface area contributed by atoms with Gasteiger partial charge in [0.15, 0.2) is 0 Å². The molecule has 1 aliphatic heterocycles. The number of likely N-dealkylation sites (tertiary alicyclic amines) is 1. The third kappa shape index (κ3) is 5.85. The molecule has 0 aromatic carbocycles. The number of thiophene rings is 1. The summed E-state index contributed by atoms with van der Waals surface area (Å²) in [5.41, 5.74) is 0. The topological polar surface area (TPSA) is 77.9 Å². The highest BCUT2D eigenvalue weighted by Gasteiger charge is 2.28. The van der Waals surface area contributed by atoms with E-state index in [0.717, 1.165) is 12.8 Å². The van der Waals surface area contributed by atoms with E-state index in [1.165, 1.54) is 14.7 Å². The van der Waals surface area contributed by atoms with E-state index in [9.17, 15) is 14.4 Å². The third-order valence-corrected chi connectivity index (χ3v) is 5.59. The molecular weight excluding hydrogens is 340 g/mol. The summed E-state index contributed by atoms with van der Waals surface area (Å²) < 4.78 is 0. The van der Waals surface area contributed by atoms with Gasteiger partial charge in [-0.2, -0.15) is 0 Å². The minimum Gasteiger partial charge on any atom is -0.481 e. The number of aliphatic carboxylic acids is 1. The van der Waals surface area contributed by atoms with Crippen LogP contribution in [0.25, 0.3) is 0 Å². The van der Waals surface area contributed by atoms with Crippen molar-refractivity contribution in [3.05, 3.63) is 21.9 Å². The number of hydrogen-bond acceptors (Lipinski definition) is 4. The molecule has 1 unspecified atom stereocenters. The monoisotopic (exact) mass is 366 g/mol. The van der Waals surface area contributed by atoms with Crippen LogP contribution in [0.3, 0.4) is 0 Å². The Kier molecular flexibility index (Phi) is 6.99. The Morgan fingerprint density at radius 3 is 2.76 bits per heavy atom. The number of nitrogens with zero attached hydrogens (tertiary/aromatic N) is 2. The normalized spacial score (nSPS) is 17.4. The summed E-state index contributed by atoms with van der Waals surface area (Å²) in [6.07, 6.45) is 3.36. The summed E-state index contributed by atoms with van der Waals surface area (Å²) in [4.78, 5) is 41.2. The number of aryl methyl sites for hydroxylation is 2. The molecule has 1 saturated heterocycles. The van der Waals surface area contributed by atoms with Gasteiger partial charge in [0.2, 0.25) is 11.8 Å². The Morgan fingerprint density at radius 2 is 2.12 bits per heavy atom. The third-order valence-electron chi connectivity index (χ3n) is 4.53. The van der Waals surface area contributed by atoms with E-state index in [1.54, 1.807) is 23.3 Å². The summed E-state index contributed by atoms with van der Waals surface area (Å²) in [7, 11) is 1.63. The van der Waals surface area contributed by atoms with Gasteiger partial charge < -0.3 is 14.9 Å². The molecule has 6 nitrogen and oxygen atoms in total. The van der Waals surface area contributed by atoms with Crippen molar-refractivity contribution >= 4 is 29.1 Å². The van der Waals surface area contributed by atoms with Gasteiger partial charge in [-0.3, -0.25) is 14.4 Å². The number of carbonyl (C=O) groups is 3. The second-order valence-electron chi connectivity index (χ2n) is 6.63. The van der Waals surface area contributed by atoms with Crippen molar-refractivity contribution < 1.29 is 19.5 Å². The van der Waals surface area contributed by atoms with Crippen LogP contribution >= 0.6 is 11.3 Å². The number of piperidine rings is 1. The van der Waals surface area contributed by atoms with Crippen molar-refractivity contribution in [1.82, 2.24) is 9.80 Å². The Bertz CT molecular complexity index is 628. The first kappa shape index (κ1) is 19.4. The lowest BCUT2D eigenvalue weighted by molar-refractivity contribution is -0.147. The van der Waals surface area contributed by atoms with Gasteiger partial charge in [-0.15, -0.1) is 11.3 Å². The Labute approximate surface area is 152 Å². The highest BCUT2D eigenvalue weighted by atomic mass is 32.1. The van der Waals surface area contributed by atoms with Gasteiger partial charge in [0, 0.05) is 36.3 Å². The van der Waals surface area contributed by atoms with E-state index in [-0.39, 0.29) is 24.9 Å². The van der Waals surface area contributed by atoms with Gasteiger partial charge in [0.25, 0.3) is 0 Å². The largest absolute Gasteiger partial charge is 0.481 e. The first-order valence-corrected chi connectivity index (χ1v) is 9.48. The van der Waals surface area contributed by atoms with Gasteiger partial charge in [0.05, 0.1) is 12.5 Å². The number of carboxylic acids is 1. The van der Waals surface area contributed by atoms with Crippen LogP contribution in [0.15, 0.2) is 12.1 Å². The minimum atomic E-state index is -0.856. The Balaban J connectivity index is 1.74. The molecule has 1 atom stereocenters. The summed E-state index contributed by atoms with van der Waals surface area (Å²) in [5, 5.41) is 9.10. The van der Waals surface area contributed by atoms with Crippen LogP contribution in [-0.4, -0.2) is 59.4 Å². The van der Waals surface area contributed by atoms with Gasteiger partial charge in [-0.25, -0.2) is 0 Å². The molecule has 0 radical (unpaired) electrons. The molecule has 2 rings (SSSR count). The van der Waals surface area contributed by atoms with Gasteiger partial charge in [-0.05, 0) is 44.7 Å². The maximum atomic E-state index is 12.3. The van der Waals surface area contributed by atoms with E-state index in [0.29, 0.717) is 25.8 Å². The molecule has 25 heavy (non-hydrogen) atoms. The van der Waals surface area contributed by atoms with E-state index in [2.05, 4.69) is 19.1 Å². The summed E-state index contributed by atoms with van der Waals surface area (Å²) in [6, 6.07) is 4.17. The Hall–Kier alpha value is -1.89. The van der Waals surface area contributed by atoms with Crippen molar-refractivity contribution in [2.24, 2.45) is 5.92 Å². The van der Waals surface area contributed by atoms with Crippen LogP contribution in [0.1, 0.15) is 35.4 Å². The molecule has 1 aromatic rings. The molecule has 1 fully saturated rings. The fraction of sp³-hybridized carbons (Fsp3) is 0.611. The minimum absolute atomic E-state index is 0.0171. The van der Waals surface area contributed by atoms with Crippen LogP contribution in [0.2, 0.25) is 0 Å². The molecule has 0 aliphatic carbocycles. The van der Waals surface area contributed by atoms with E-state index in [1.807, 2.05) is 0 Å². The van der Waals surface area contributed by atoms with Crippen LogP contribution in [-0.2, 0) is 20.8 Å². The Morgan fingerprint density at radius 1 is 1.36 bits per heavy atom. The van der Waals surface area contributed by atoms with Gasteiger partial charge in [-0.1, -0.05) is 0 Å². The number of likely N-dealkylation sites (N-methyl/N-ethyl adjacent to an activating group) is 1. The van der Waals surface area contributed by atoms with Crippen LogP contribution in [0.4, 0.5) is 0 Å². The molecule has 2 amide bonds. The molecule has 138 valence electrons. The van der Waals surface area contributed by atoms with Crippen molar-refractivity contribution in [3.8, 4) is 0 Å². The lowest BCUT2D eigenvalue weighted by atomic mass is 9.98. The second kappa shape index (κ2) is 8.99. The fourth-order valence-corrected chi connectivity index (χ4v) is 3.95. The first-order valence-electron chi connectivity index (χ1n) is 8.66. The summed E-state index contributed by atoms with van der Waals surface area (Å²) in [6.45, 7) is 2.90. The zero-order valence-electron chi connectivity index (χ0n) is 14.9. The maximum Gasteiger partial charge on any atom is 0.308 e. The lowest BCUT2D eigenvalue weighted by Crippen LogP contribution is -2.46. The van der Waals surface area contributed by atoms with Crippen molar-refractivity contribution in [1.29, 1.82) is 0 Å². The lowest BCUT2D eigenvalue weighted by Gasteiger charge is -2.32. The van der Waals surface area contributed by atoms with Crippen LogP contribution < -0.4 is 0 Å². The zero-order chi connectivity index (χ0) is 18.4. The molecule has 1 aromatic heterocycles. The van der Waals surface area contributed by atoms with E-state index in [4.69, 9.17) is 5.11 Å². The highest BCUT2D eigenvalue weighted by molar-refractivity contribution is 7.11. The second-order valence-corrected chi connectivity index (χ2v) is 8.01. The summed E-state index contributed by atoms with van der Waals surface area (Å²) >= 11 is 1.75. The van der Waals surface area contributed by atoms with Gasteiger partial charge >= 0.3 is 5.97 Å². The predicted molar refractivity (Wildman–Crippen MR) is 96.6 cm³/mol. The number of hydrogen-bond donors (Lipinski definition) is 1. The predicted octanol–water partition coefficient (Wildman–Crippen LogP) is 2.16. The standard InChI is InChI=1S/C18H26N2O4S/c1-13-8-9-15(25-13)6-3-7-16(21)19(2)12-17(22)20-10-4-5-14(11-20)18(23)24/h8-9,14H,3-7,10-12H2,1-2H3,(H,23,24). The van der Waals surface area contributed by atoms with Crippen LogP contribution in [0.5, 0.6) is 0 Å². The smallest absolute Gasteiger partial charge is 0.308 e. The molecule has 1 aliphatic rings. The van der Waals surface area contributed by atoms with E-state index >= 15 is 0 Å². The number of carbonyl (C=O) groups excluding carboxylic acids is 2. The average molecular weight is 366 g/mol. The first-order chi connectivity index (χ1) is 11.9. The maximum absolute atomic E-state index is 12.3. The number of amides is 2. The SMILES string of the molecule is Cc1ccc(CCCC(=O)N(C)CC(=O)N2CCCC(C(=O)O)C2)s1. The molecule has 1 N–H and O–H groups in total. The molecule has 2 heterocycles. The quantitative estimate of drug-likeness (QED) is 0.802. The molecule has 0 spiro atoms. The molecule has 0 bridgehead atoms. The van der Waals surface area contributed by atoms with E-state index < -0.39 is 11.9 Å². The highest BCUT2D eigenvalue weighted by Crippen LogP contribution is 2.18. The molecule has 0 saturated carbocycles. The molecule has 7 heteroatoms. The van der Waals surface area contributed by atoms with Crippen molar-refractivity contribution in [2.45, 2.75) is 39.0 Å². The van der Waals surface area contributed by atoms with Crippen molar-refractivity contribution in [3.63, 3.8) is 0 Å². The number of rotatable bonds is 7. The zero-order valence-corrected chi connectivity index (χ0v) is 15.7. The average Bonchev–Trinajstić information content (AvgIpc) is 3.00. The summed E-state index contributed by atoms with van der Waals surface area (Å²) in [5.74, 6) is -1.57. The van der Waals surface area contributed by atoms with Crippen LogP contribution in [0, 0.1) is 12.8 Å². The molecular formula is C18H26N2O4S. The number of carboxylic acid groups (broad SMARTS) is 1.